The molecule has 0 saturated carbocycles. The first kappa shape index (κ1) is 17.6. The molecule has 1 fully saturated rings. The van der Waals surface area contributed by atoms with Crippen LogP contribution < -0.4 is 0 Å². The van der Waals surface area contributed by atoms with E-state index in [0.717, 1.165) is 0 Å². The first-order chi connectivity index (χ1) is 10.2. The smallest absolute Gasteiger partial charge is 0.255 e. The number of hydrogen-bond acceptors (Lipinski definition) is 3. The monoisotopic (exact) mass is 363 g/mol. The standard InChI is InChI=1S/C15H19Cl2NO3S/c1-10(2)8-18(12-5-6-22(20,21)9-12)15(19)13-7-11(16)3-4-14(13)17/h3-4,7,10,12H,5-6,8-9H2,1-2H3/t12-/m0/s1. The van der Waals surface area contributed by atoms with Crippen LogP contribution in [0.15, 0.2) is 18.2 Å². The molecule has 0 bridgehead atoms. The highest BCUT2D eigenvalue weighted by atomic mass is 35.5. The van der Waals surface area contributed by atoms with E-state index in [0.29, 0.717) is 28.6 Å². The van der Waals surface area contributed by atoms with Gasteiger partial charge in [0.25, 0.3) is 5.91 Å². The minimum absolute atomic E-state index is 0.0175. The van der Waals surface area contributed by atoms with Crippen molar-refractivity contribution in [1.82, 2.24) is 4.90 Å². The van der Waals surface area contributed by atoms with Crippen LogP contribution in [0.25, 0.3) is 0 Å². The van der Waals surface area contributed by atoms with Crippen LogP contribution >= 0.6 is 23.2 Å². The minimum Gasteiger partial charge on any atom is -0.334 e. The maximum atomic E-state index is 12.8. The van der Waals surface area contributed by atoms with Gasteiger partial charge >= 0.3 is 0 Å². The van der Waals surface area contributed by atoms with Crippen LogP contribution in [0.5, 0.6) is 0 Å². The molecule has 4 nitrogen and oxygen atoms in total. The number of sulfone groups is 1. The van der Waals surface area contributed by atoms with Crippen molar-refractivity contribution in [2.45, 2.75) is 26.3 Å². The van der Waals surface area contributed by atoms with Gasteiger partial charge in [0.2, 0.25) is 0 Å². The lowest BCUT2D eigenvalue weighted by atomic mass is 10.1. The average molecular weight is 364 g/mol. The Morgan fingerprint density at radius 3 is 2.59 bits per heavy atom. The van der Waals surface area contributed by atoms with Gasteiger partial charge in [-0.15, -0.1) is 0 Å². The molecule has 1 heterocycles. The predicted octanol–water partition coefficient (Wildman–Crippen LogP) is 3.28. The summed E-state index contributed by atoms with van der Waals surface area (Å²) in [7, 11) is -3.06. The molecular formula is C15H19Cl2NO3S. The average Bonchev–Trinajstić information content (AvgIpc) is 2.78. The van der Waals surface area contributed by atoms with E-state index in [1.807, 2.05) is 13.8 Å². The highest BCUT2D eigenvalue weighted by molar-refractivity contribution is 7.91. The third kappa shape index (κ3) is 4.15. The molecule has 2 rings (SSSR count). The van der Waals surface area contributed by atoms with Crippen molar-refractivity contribution >= 4 is 38.9 Å². The van der Waals surface area contributed by atoms with E-state index in [9.17, 15) is 13.2 Å². The summed E-state index contributed by atoms with van der Waals surface area (Å²) in [6.45, 7) is 4.47. The fourth-order valence-electron chi connectivity index (χ4n) is 2.63. The molecule has 0 radical (unpaired) electrons. The first-order valence-electron chi connectivity index (χ1n) is 7.16. The third-order valence-corrected chi connectivity index (χ3v) is 5.95. The second-order valence-corrected chi connectivity index (χ2v) is 9.10. The molecule has 1 amide bonds. The number of halogens is 2. The molecule has 1 aliphatic heterocycles. The van der Waals surface area contributed by atoms with Crippen LogP contribution in [0.2, 0.25) is 10.0 Å². The van der Waals surface area contributed by atoms with Gasteiger partial charge in [-0.05, 0) is 30.5 Å². The zero-order chi connectivity index (χ0) is 16.5. The van der Waals surface area contributed by atoms with E-state index < -0.39 is 9.84 Å². The fourth-order valence-corrected chi connectivity index (χ4v) is 4.73. The second kappa shape index (κ2) is 6.77. The highest BCUT2D eigenvalue weighted by Gasteiger charge is 2.35. The summed E-state index contributed by atoms with van der Waals surface area (Å²) in [6, 6.07) is 4.43. The third-order valence-electron chi connectivity index (χ3n) is 3.63. The number of carbonyl (C=O) groups excluding carboxylic acids is 1. The maximum absolute atomic E-state index is 12.8. The Morgan fingerprint density at radius 2 is 2.05 bits per heavy atom. The van der Waals surface area contributed by atoms with Crippen LogP contribution in [0.4, 0.5) is 0 Å². The van der Waals surface area contributed by atoms with E-state index in [2.05, 4.69) is 0 Å². The maximum Gasteiger partial charge on any atom is 0.255 e. The fraction of sp³-hybridized carbons (Fsp3) is 0.533. The molecule has 0 spiro atoms. The summed E-state index contributed by atoms with van der Waals surface area (Å²) in [6.07, 6.45) is 0.471. The van der Waals surface area contributed by atoms with Gasteiger partial charge in [-0.1, -0.05) is 37.0 Å². The van der Waals surface area contributed by atoms with E-state index >= 15 is 0 Å². The molecule has 1 saturated heterocycles. The number of nitrogens with zero attached hydrogens (tertiary/aromatic N) is 1. The van der Waals surface area contributed by atoms with Crippen molar-refractivity contribution in [3.05, 3.63) is 33.8 Å². The summed E-state index contributed by atoms with van der Waals surface area (Å²) in [5, 5.41) is 0.750. The molecule has 1 aromatic carbocycles. The molecule has 0 unspecified atom stereocenters. The summed E-state index contributed by atoms with van der Waals surface area (Å²) in [5.41, 5.74) is 0.319. The number of rotatable bonds is 4. The van der Waals surface area contributed by atoms with Crippen LogP contribution in [0, 0.1) is 5.92 Å². The van der Waals surface area contributed by atoms with Gasteiger partial charge < -0.3 is 4.90 Å². The molecule has 1 atom stereocenters. The van der Waals surface area contributed by atoms with Gasteiger partial charge in [-0.2, -0.15) is 0 Å². The molecule has 7 heteroatoms. The molecule has 0 N–H and O–H groups in total. The van der Waals surface area contributed by atoms with Crippen molar-refractivity contribution in [2.24, 2.45) is 5.92 Å². The van der Waals surface area contributed by atoms with Crippen LogP contribution in [-0.4, -0.2) is 43.3 Å². The Balaban J connectivity index is 2.33. The number of amides is 1. The van der Waals surface area contributed by atoms with Gasteiger partial charge in [0.1, 0.15) is 0 Å². The Kier molecular flexibility index (Phi) is 5.41. The van der Waals surface area contributed by atoms with Crippen molar-refractivity contribution in [3.63, 3.8) is 0 Å². The van der Waals surface area contributed by atoms with Gasteiger partial charge in [0.15, 0.2) is 9.84 Å². The Labute approximate surface area is 141 Å². The Bertz CT molecular complexity index is 673. The van der Waals surface area contributed by atoms with Crippen molar-refractivity contribution in [3.8, 4) is 0 Å². The van der Waals surface area contributed by atoms with Crippen LogP contribution in [0.1, 0.15) is 30.6 Å². The molecule has 22 heavy (non-hydrogen) atoms. The lowest BCUT2D eigenvalue weighted by molar-refractivity contribution is 0.0672. The topological polar surface area (TPSA) is 54.5 Å². The van der Waals surface area contributed by atoms with Gasteiger partial charge in [0.05, 0.1) is 22.1 Å². The van der Waals surface area contributed by atoms with Crippen molar-refractivity contribution in [2.75, 3.05) is 18.1 Å². The summed E-state index contributed by atoms with van der Waals surface area (Å²) in [4.78, 5) is 14.5. The second-order valence-electron chi connectivity index (χ2n) is 6.03. The molecule has 1 aromatic rings. The lowest BCUT2D eigenvalue weighted by Gasteiger charge is -2.30. The number of carbonyl (C=O) groups is 1. The van der Waals surface area contributed by atoms with Crippen molar-refractivity contribution in [1.29, 1.82) is 0 Å². The molecule has 0 aliphatic carbocycles. The Morgan fingerprint density at radius 1 is 1.36 bits per heavy atom. The zero-order valence-electron chi connectivity index (χ0n) is 12.6. The quantitative estimate of drug-likeness (QED) is 0.824. The van der Waals surface area contributed by atoms with E-state index in [1.165, 1.54) is 6.07 Å². The van der Waals surface area contributed by atoms with E-state index in [4.69, 9.17) is 23.2 Å². The first-order valence-corrected chi connectivity index (χ1v) is 9.74. The normalized spacial score (nSPS) is 20.3. The number of hydrogen-bond donors (Lipinski definition) is 0. The van der Waals surface area contributed by atoms with Gasteiger partial charge in [0, 0.05) is 17.6 Å². The predicted molar refractivity (Wildman–Crippen MR) is 89.4 cm³/mol. The molecular weight excluding hydrogens is 345 g/mol. The van der Waals surface area contributed by atoms with Crippen LogP contribution in [0.3, 0.4) is 0 Å². The molecule has 0 aromatic heterocycles. The van der Waals surface area contributed by atoms with Gasteiger partial charge in [-0.25, -0.2) is 8.42 Å². The lowest BCUT2D eigenvalue weighted by Crippen LogP contribution is -2.43. The number of benzene rings is 1. The summed E-state index contributed by atoms with van der Waals surface area (Å²) >= 11 is 12.1. The highest BCUT2D eigenvalue weighted by Crippen LogP contribution is 2.26. The Hall–Kier alpha value is -0.780. The molecule has 1 aliphatic rings. The molecule has 122 valence electrons. The zero-order valence-corrected chi connectivity index (χ0v) is 14.9. The summed E-state index contributed by atoms with van der Waals surface area (Å²) < 4.78 is 23.5. The minimum atomic E-state index is -3.06. The van der Waals surface area contributed by atoms with Gasteiger partial charge in [-0.3, -0.25) is 4.79 Å². The van der Waals surface area contributed by atoms with E-state index in [1.54, 1.807) is 17.0 Å². The van der Waals surface area contributed by atoms with E-state index in [-0.39, 0.29) is 29.4 Å². The van der Waals surface area contributed by atoms with Crippen LogP contribution in [-0.2, 0) is 9.84 Å². The summed E-state index contributed by atoms with van der Waals surface area (Å²) in [5.74, 6) is 0.112. The van der Waals surface area contributed by atoms with Crippen molar-refractivity contribution < 1.29 is 13.2 Å². The largest absolute Gasteiger partial charge is 0.334 e. The SMILES string of the molecule is CC(C)CN(C(=O)c1cc(Cl)ccc1Cl)[C@H]1CCS(=O)(=O)C1.